The topological polar surface area (TPSA) is 70.1 Å². The molecule has 0 amide bonds. The van der Waals surface area contributed by atoms with E-state index in [1.807, 2.05) is 30.5 Å². The molecule has 2 N–H and O–H groups in total. The van der Waals surface area contributed by atoms with E-state index in [0.717, 1.165) is 24.0 Å². The first kappa shape index (κ1) is 14.1. The van der Waals surface area contributed by atoms with Crippen LogP contribution in [0.4, 0.5) is 5.69 Å². The highest BCUT2D eigenvalue weighted by Crippen LogP contribution is 2.20. The van der Waals surface area contributed by atoms with Crippen molar-refractivity contribution in [1.82, 2.24) is 9.78 Å². The molecule has 0 fully saturated rings. The van der Waals surface area contributed by atoms with Gasteiger partial charge in [0.15, 0.2) is 0 Å². The van der Waals surface area contributed by atoms with E-state index in [1.165, 1.54) is 0 Å². The summed E-state index contributed by atoms with van der Waals surface area (Å²) >= 11 is 0. The van der Waals surface area contributed by atoms with Gasteiger partial charge in [0.25, 0.3) is 0 Å². The van der Waals surface area contributed by atoms with Gasteiger partial charge >= 0.3 is 5.97 Å². The van der Waals surface area contributed by atoms with E-state index in [4.69, 9.17) is 10.5 Å². The van der Waals surface area contributed by atoms with Crippen LogP contribution in [0.1, 0.15) is 19.8 Å². The van der Waals surface area contributed by atoms with Crippen LogP contribution in [0.25, 0.3) is 11.1 Å². The summed E-state index contributed by atoms with van der Waals surface area (Å²) in [6.45, 7) is 2.66. The lowest BCUT2D eigenvalue weighted by Gasteiger charge is -2.03. The lowest BCUT2D eigenvalue weighted by atomic mass is 10.1. The number of nitrogens with zero attached hydrogens (tertiary/aromatic N) is 2. The molecule has 1 aromatic carbocycles. The molecule has 0 saturated heterocycles. The molecule has 0 bridgehead atoms. The first-order valence-electron chi connectivity index (χ1n) is 6.73. The van der Waals surface area contributed by atoms with Crippen molar-refractivity contribution in [3.8, 4) is 11.1 Å². The minimum Gasteiger partial charge on any atom is -0.464 e. The van der Waals surface area contributed by atoms with Crippen LogP contribution in [0.15, 0.2) is 36.7 Å². The maximum Gasteiger partial charge on any atom is 0.327 e. The normalized spacial score (nSPS) is 10.4. The van der Waals surface area contributed by atoms with Crippen LogP contribution in [0.5, 0.6) is 0 Å². The number of unbranched alkanes of at least 4 members (excludes halogenated alkanes) is 1. The van der Waals surface area contributed by atoms with Gasteiger partial charge in [-0.05, 0) is 24.1 Å². The molecule has 0 aliphatic heterocycles. The van der Waals surface area contributed by atoms with Crippen LogP contribution < -0.4 is 5.73 Å². The van der Waals surface area contributed by atoms with Crippen LogP contribution in [0.3, 0.4) is 0 Å². The Morgan fingerprint density at radius 1 is 1.40 bits per heavy atom. The molecule has 0 radical (unpaired) electrons. The van der Waals surface area contributed by atoms with Crippen molar-refractivity contribution in [3.05, 3.63) is 36.7 Å². The molecule has 106 valence electrons. The van der Waals surface area contributed by atoms with Gasteiger partial charge in [-0.15, -0.1) is 0 Å². The molecule has 0 aliphatic carbocycles. The van der Waals surface area contributed by atoms with Gasteiger partial charge in [-0.3, -0.25) is 9.48 Å². The monoisotopic (exact) mass is 273 g/mol. The van der Waals surface area contributed by atoms with Crippen molar-refractivity contribution in [2.45, 2.75) is 26.3 Å². The van der Waals surface area contributed by atoms with Crippen molar-refractivity contribution in [2.24, 2.45) is 0 Å². The second kappa shape index (κ2) is 6.75. The number of benzene rings is 1. The van der Waals surface area contributed by atoms with Gasteiger partial charge in [-0.2, -0.15) is 5.10 Å². The Labute approximate surface area is 118 Å². The highest BCUT2D eigenvalue weighted by atomic mass is 16.5. The summed E-state index contributed by atoms with van der Waals surface area (Å²) in [4.78, 5) is 11.6. The maximum atomic E-state index is 11.6. The highest BCUT2D eigenvalue weighted by molar-refractivity contribution is 5.70. The molecule has 2 rings (SSSR count). The lowest BCUT2D eigenvalue weighted by molar-refractivity contribution is -0.144. The van der Waals surface area contributed by atoms with E-state index in [2.05, 4.69) is 12.0 Å². The van der Waals surface area contributed by atoms with Gasteiger partial charge in [-0.1, -0.05) is 25.5 Å². The van der Waals surface area contributed by atoms with Crippen LogP contribution >= 0.6 is 0 Å². The number of nitrogen functional groups attached to an aromatic ring is 1. The number of anilines is 1. The molecule has 0 aliphatic rings. The Morgan fingerprint density at radius 2 is 2.25 bits per heavy atom. The SMILES string of the molecule is CCCCOC(=O)Cn1cc(-c2cccc(N)c2)cn1. The van der Waals surface area contributed by atoms with E-state index in [9.17, 15) is 4.79 Å². The number of carbonyl (C=O) groups is 1. The minimum absolute atomic E-state index is 0.131. The van der Waals surface area contributed by atoms with Gasteiger partial charge < -0.3 is 10.5 Å². The summed E-state index contributed by atoms with van der Waals surface area (Å²) < 4.78 is 6.68. The summed E-state index contributed by atoms with van der Waals surface area (Å²) in [7, 11) is 0. The molecular formula is C15H19N3O2. The maximum absolute atomic E-state index is 11.6. The summed E-state index contributed by atoms with van der Waals surface area (Å²) in [5, 5.41) is 4.17. The zero-order chi connectivity index (χ0) is 14.4. The molecule has 0 spiro atoms. The van der Waals surface area contributed by atoms with Gasteiger partial charge in [0, 0.05) is 17.4 Å². The zero-order valence-corrected chi connectivity index (χ0v) is 11.6. The Bertz CT molecular complexity index is 578. The largest absolute Gasteiger partial charge is 0.464 e. The number of carbonyl (C=O) groups excluding carboxylic acids is 1. The highest BCUT2D eigenvalue weighted by Gasteiger charge is 2.07. The predicted octanol–water partition coefficient (Wildman–Crippen LogP) is 2.48. The van der Waals surface area contributed by atoms with Crippen LogP contribution in [-0.2, 0) is 16.1 Å². The molecule has 5 nitrogen and oxygen atoms in total. The number of hydrogen-bond acceptors (Lipinski definition) is 4. The smallest absolute Gasteiger partial charge is 0.327 e. The number of esters is 1. The summed E-state index contributed by atoms with van der Waals surface area (Å²) in [5.41, 5.74) is 8.36. The van der Waals surface area contributed by atoms with Gasteiger partial charge in [0.1, 0.15) is 6.54 Å². The Balaban J connectivity index is 1.97. The molecule has 1 heterocycles. The van der Waals surface area contributed by atoms with Crippen molar-refractivity contribution in [2.75, 3.05) is 12.3 Å². The predicted molar refractivity (Wildman–Crippen MR) is 77.9 cm³/mol. The number of hydrogen-bond donors (Lipinski definition) is 1. The molecule has 0 atom stereocenters. The molecule has 1 aromatic heterocycles. The molecule has 2 aromatic rings. The van der Waals surface area contributed by atoms with Gasteiger partial charge in [0.2, 0.25) is 0 Å². The van der Waals surface area contributed by atoms with E-state index in [1.54, 1.807) is 10.9 Å². The Hall–Kier alpha value is -2.30. The average Bonchev–Trinajstić information content (AvgIpc) is 2.87. The Kier molecular flexibility index (Phi) is 4.76. The first-order valence-corrected chi connectivity index (χ1v) is 6.73. The first-order chi connectivity index (χ1) is 9.69. The van der Waals surface area contributed by atoms with Crippen molar-refractivity contribution >= 4 is 11.7 Å². The second-order valence-corrected chi connectivity index (χ2v) is 4.63. The molecule has 20 heavy (non-hydrogen) atoms. The second-order valence-electron chi connectivity index (χ2n) is 4.63. The third kappa shape index (κ3) is 3.85. The fourth-order valence-electron chi connectivity index (χ4n) is 1.83. The van der Waals surface area contributed by atoms with E-state index >= 15 is 0 Å². The summed E-state index contributed by atoms with van der Waals surface area (Å²) in [6.07, 6.45) is 5.43. The molecule has 0 unspecified atom stereocenters. The molecule has 5 heteroatoms. The van der Waals surface area contributed by atoms with Crippen molar-refractivity contribution < 1.29 is 9.53 Å². The van der Waals surface area contributed by atoms with Crippen LogP contribution in [0, 0.1) is 0 Å². The number of aromatic nitrogens is 2. The fraction of sp³-hybridized carbons (Fsp3) is 0.333. The third-order valence-electron chi connectivity index (χ3n) is 2.91. The third-order valence-corrected chi connectivity index (χ3v) is 2.91. The summed E-state index contributed by atoms with van der Waals surface area (Å²) in [5.74, 6) is -0.263. The molecule has 0 saturated carbocycles. The Morgan fingerprint density at radius 3 is 3.00 bits per heavy atom. The van der Waals surface area contributed by atoms with E-state index in [-0.39, 0.29) is 12.5 Å². The number of nitrogens with two attached hydrogens (primary N) is 1. The van der Waals surface area contributed by atoms with Gasteiger partial charge in [-0.25, -0.2) is 0 Å². The molecular weight excluding hydrogens is 254 g/mol. The van der Waals surface area contributed by atoms with Crippen LogP contribution in [-0.4, -0.2) is 22.4 Å². The summed E-state index contributed by atoms with van der Waals surface area (Å²) in [6, 6.07) is 7.55. The quantitative estimate of drug-likeness (QED) is 0.498. The number of ether oxygens (including phenoxy) is 1. The fourth-order valence-corrected chi connectivity index (χ4v) is 1.83. The van der Waals surface area contributed by atoms with Crippen LogP contribution in [0.2, 0.25) is 0 Å². The standard InChI is InChI=1S/C15H19N3O2/c1-2-3-7-20-15(19)11-18-10-13(9-17-18)12-5-4-6-14(16)8-12/h4-6,8-10H,2-3,7,11,16H2,1H3. The zero-order valence-electron chi connectivity index (χ0n) is 11.6. The number of rotatable bonds is 6. The lowest BCUT2D eigenvalue weighted by Crippen LogP contribution is -2.14. The van der Waals surface area contributed by atoms with Gasteiger partial charge in [0.05, 0.1) is 12.8 Å². The van der Waals surface area contributed by atoms with E-state index in [0.29, 0.717) is 12.3 Å². The minimum atomic E-state index is -0.263. The van der Waals surface area contributed by atoms with Crippen molar-refractivity contribution in [3.63, 3.8) is 0 Å². The van der Waals surface area contributed by atoms with Crippen molar-refractivity contribution in [1.29, 1.82) is 0 Å². The van der Waals surface area contributed by atoms with E-state index < -0.39 is 0 Å². The average molecular weight is 273 g/mol.